The lowest BCUT2D eigenvalue weighted by Crippen LogP contribution is -2.35. The monoisotopic (exact) mass is 260 g/mol. The van der Waals surface area contributed by atoms with Crippen LogP contribution in [0.15, 0.2) is 40.9 Å². The lowest BCUT2D eigenvalue weighted by Gasteiger charge is -2.24. The third-order valence-corrected chi connectivity index (χ3v) is 2.71. The molecule has 102 valence electrons. The van der Waals surface area contributed by atoms with E-state index in [2.05, 4.69) is 5.16 Å². The zero-order valence-electron chi connectivity index (χ0n) is 11.6. The largest absolute Gasteiger partial charge is 0.389 e. The molecule has 0 radical (unpaired) electrons. The molecule has 0 aliphatic rings. The fourth-order valence-electron chi connectivity index (χ4n) is 2.11. The van der Waals surface area contributed by atoms with E-state index in [9.17, 15) is 5.11 Å². The first kappa shape index (κ1) is 13.8. The quantitative estimate of drug-likeness (QED) is 0.897. The number of likely N-dealkylation sites (N-methyl/N-ethyl adjacent to an activating group) is 1. The van der Waals surface area contributed by atoms with Gasteiger partial charge in [-0.15, -0.1) is 0 Å². The van der Waals surface area contributed by atoms with Crippen LogP contribution in [0.3, 0.4) is 0 Å². The molecular formula is C15H20N2O2. The Hall–Kier alpha value is -1.65. The maximum atomic E-state index is 9.76. The van der Waals surface area contributed by atoms with E-state index in [1.165, 1.54) is 0 Å². The molecule has 1 heterocycles. The molecule has 0 saturated carbocycles. The molecule has 0 unspecified atom stereocenters. The highest BCUT2D eigenvalue weighted by Crippen LogP contribution is 2.19. The Morgan fingerprint density at radius 3 is 2.58 bits per heavy atom. The van der Waals surface area contributed by atoms with E-state index in [4.69, 9.17) is 4.52 Å². The average molecular weight is 260 g/mol. The van der Waals surface area contributed by atoms with Crippen LogP contribution in [-0.2, 0) is 6.54 Å². The molecule has 4 nitrogen and oxygen atoms in total. The SMILES string of the molecule is CN(Cc1cc(-c2ccccc2)no1)CC(C)(C)O. The minimum absolute atomic E-state index is 0.578. The van der Waals surface area contributed by atoms with Crippen LogP contribution in [0, 0.1) is 0 Å². The van der Waals surface area contributed by atoms with Crippen LogP contribution >= 0.6 is 0 Å². The fraction of sp³-hybridized carbons (Fsp3) is 0.400. The third kappa shape index (κ3) is 4.19. The van der Waals surface area contributed by atoms with Gasteiger partial charge in [0, 0.05) is 18.2 Å². The molecule has 0 aliphatic heterocycles. The van der Waals surface area contributed by atoms with Crippen LogP contribution in [0.4, 0.5) is 0 Å². The van der Waals surface area contributed by atoms with Crippen molar-refractivity contribution in [2.24, 2.45) is 0 Å². The van der Waals surface area contributed by atoms with Gasteiger partial charge in [-0.2, -0.15) is 0 Å². The maximum Gasteiger partial charge on any atom is 0.151 e. The summed E-state index contributed by atoms with van der Waals surface area (Å²) in [5, 5.41) is 13.8. The van der Waals surface area contributed by atoms with Crippen molar-refractivity contribution >= 4 is 0 Å². The van der Waals surface area contributed by atoms with Gasteiger partial charge in [0.15, 0.2) is 5.76 Å². The Labute approximate surface area is 113 Å². The van der Waals surface area contributed by atoms with Crippen molar-refractivity contribution in [1.29, 1.82) is 0 Å². The van der Waals surface area contributed by atoms with Crippen LogP contribution in [0.2, 0.25) is 0 Å². The topological polar surface area (TPSA) is 49.5 Å². The highest BCUT2D eigenvalue weighted by Gasteiger charge is 2.17. The Kier molecular flexibility index (Phi) is 4.02. The van der Waals surface area contributed by atoms with Gasteiger partial charge in [0.25, 0.3) is 0 Å². The Morgan fingerprint density at radius 1 is 1.26 bits per heavy atom. The van der Waals surface area contributed by atoms with E-state index in [1.54, 1.807) is 13.8 Å². The number of rotatable bonds is 5. The molecule has 1 N–H and O–H groups in total. The van der Waals surface area contributed by atoms with Gasteiger partial charge in [0.05, 0.1) is 12.1 Å². The smallest absolute Gasteiger partial charge is 0.151 e. The summed E-state index contributed by atoms with van der Waals surface area (Å²) in [5.74, 6) is 0.797. The molecule has 1 aromatic heterocycles. The Balaban J connectivity index is 2.02. The molecule has 0 spiro atoms. The summed E-state index contributed by atoms with van der Waals surface area (Å²) in [6.07, 6.45) is 0. The van der Waals surface area contributed by atoms with Crippen molar-refractivity contribution in [3.63, 3.8) is 0 Å². The Bertz CT molecular complexity index is 514. The molecule has 2 aromatic rings. The number of nitrogens with zero attached hydrogens (tertiary/aromatic N) is 2. The van der Waals surface area contributed by atoms with Crippen molar-refractivity contribution in [3.05, 3.63) is 42.2 Å². The first-order valence-electron chi connectivity index (χ1n) is 6.36. The van der Waals surface area contributed by atoms with E-state index in [0.29, 0.717) is 13.1 Å². The van der Waals surface area contributed by atoms with Gasteiger partial charge in [-0.05, 0) is 20.9 Å². The zero-order valence-corrected chi connectivity index (χ0v) is 11.6. The molecule has 2 rings (SSSR count). The van der Waals surface area contributed by atoms with Gasteiger partial charge in [-0.25, -0.2) is 0 Å². The van der Waals surface area contributed by atoms with Crippen molar-refractivity contribution in [3.8, 4) is 11.3 Å². The van der Waals surface area contributed by atoms with E-state index in [-0.39, 0.29) is 0 Å². The van der Waals surface area contributed by atoms with Crippen LogP contribution in [-0.4, -0.2) is 34.4 Å². The predicted molar refractivity (Wildman–Crippen MR) is 74.6 cm³/mol. The van der Waals surface area contributed by atoms with E-state index in [1.807, 2.05) is 48.3 Å². The molecule has 0 fully saturated rings. The summed E-state index contributed by atoms with van der Waals surface area (Å²) in [4.78, 5) is 2.01. The molecule has 19 heavy (non-hydrogen) atoms. The summed E-state index contributed by atoms with van der Waals surface area (Å²) < 4.78 is 5.33. The predicted octanol–water partition coefficient (Wildman–Crippen LogP) is 2.54. The van der Waals surface area contributed by atoms with Crippen molar-refractivity contribution in [2.75, 3.05) is 13.6 Å². The van der Waals surface area contributed by atoms with Gasteiger partial charge in [-0.3, -0.25) is 4.90 Å². The van der Waals surface area contributed by atoms with Gasteiger partial charge >= 0.3 is 0 Å². The summed E-state index contributed by atoms with van der Waals surface area (Å²) >= 11 is 0. The second kappa shape index (κ2) is 5.55. The highest BCUT2D eigenvalue weighted by atomic mass is 16.5. The average Bonchev–Trinajstić information content (AvgIpc) is 2.76. The molecule has 0 saturated heterocycles. The Morgan fingerprint density at radius 2 is 1.95 bits per heavy atom. The van der Waals surface area contributed by atoms with Crippen molar-refractivity contribution < 1.29 is 9.63 Å². The van der Waals surface area contributed by atoms with Crippen LogP contribution < -0.4 is 0 Å². The van der Waals surface area contributed by atoms with Crippen LogP contribution in [0.1, 0.15) is 19.6 Å². The van der Waals surface area contributed by atoms with E-state index in [0.717, 1.165) is 17.0 Å². The van der Waals surface area contributed by atoms with Crippen molar-refractivity contribution in [2.45, 2.75) is 26.0 Å². The standard InChI is InChI=1S/C15H20N2O2/c1-15(2,18)11-17(3)10-13-9-14(16-19-13)12-7-5-4-6-8-12/h4-9,18H,10-11H2,1-3H3. The summed E-state index contributed by atoms with van der Waals surface area (Å²) in [6, 6.07) is 11.9. The zero-order chi connectivity index (χ0) is 13.9. The minimum Gasteiger partial charge on any atom is -0.389 e. The number of aromatic nitrogens is 1. The third-order valence-electron chi connectivity index (χ3n) is 2.71. The normalized spacial score (nSPS) is 12.1. The van der Waals surface area contributed by atoms with Crippen molar-refractivity contribution in [1.82, 2.24) is 10.1 Å². The molecule has 0 atom stereocenters. The number of benzene rings is 1. The van der Waals surface area contributed by atoms with Gasteiger partial charge in [0.1, 0.15) is 5.69 Å². The summed E-state index contributed by atoms with van der Waals surface area (Å²) in [6.45, 7) is 4.79. The first-order valence-corrected chi connectivity index (χ1v) is 6.36. The molecule has 1 aromatic carbocycles. The van der Waals surface area contributed by atoms with E-state index < -0.39 is 5.60 Å². The van der Waals surface area contributed by atoms with Crippen LogP contribution in [0.5, 0.6) is 0 Å². The second-order valence-corrected chi connectivity index (χ2v) is 5.53. The number of hydrogen-bond donors (Lipinski definition) is 1. The molecule has 4 heteroatoms. The molecule has 0 amide bonds. The van der Waals surface area contributed by atoms with Gasteiger partial charge in [-0.1, -0.05) is 35.5 Å². The summed E-state index contributed by atoms with van der Waals surface area (Å²) in [5.41, 5.74) is 1.17. The molecule has 0 bridgehead atoms. The minimum atomic E-state index is -0.711. The highest BCUT2D eigenvalue weighted by molar-refractivity contribution is 5.58. The molecular weight excluding hydrogens is 240 g/mol. The molecule has 0 aliphatic carbocycles. The number of aliphatic hydroxyl groups is 1. The summed E-state index contributed by atoms with van der Waals surface area (Å²) in [7, 11) is 1.95. The fourth-order valence-corrected chi connectivity index (χ4v) is 2.11. The first-order chi connectivity index (χ1) is 8.94. The van der Waals surface area contributed by atoms with E-state index >= 15 is 0 Å². The lowest BCUT2D eigenvalue weighted by atomic mass is 10.1. The van der Waals surface area contributed by atoms with Gasteiger partial charge in [0.2, 0.25) is 0 Å². The van der Waals surface area contributed by atoms with Gasteiger partial charge < -0.3 is 9.63 Å². The lowest BCUT2D eigenvalue weighted by molar-refractivity contribution is 0.0402. The van der Waals surface area contributed by atoms with Crippen LogP contribution in [0.25, 0.3) is 11.3 Å². The maximum absolute atomic E-state index is 9.76. The number of hydrogen-bond acceptors (Lipinski definition) is 4. The second-order valence-electron chi connectivity index (χ2n) is 5.53.